The molecule has 6 nitrogen and oxygen atoms in total. The smallest absolute Gasteiger partial charge is 0.372 e. The van der Waals surface area contributed by atoms with Gasteiger partial charge in [-0.2, -0.15) is 5.26 Å². The van der Waals surface area contributed by atoms with Gasteiger partial charge in [0.2, 0.25) is 5.78 Å². The van der Waals surface area contributed by atoms with E-state index in [1.54, 1.807) is 30.3 Å². The van der Waals surface area contributed by atoms with Crippen molar-refractivity contribution in [1.29, 1.82) is 5.26 Å². The Morgan fingerprint density at radius 1 is 1.16 bits per heavy atom. The van der Waals surface area contributed by atoms with Crippen LogP contribution in [0.5, 0.6) is 5.75 Å². The molecule has 0 spiro atoms. The molecule has 0 saturated carbocycles. The van der Waals surface area contributed by atoms with Crippen molar-refractivity contribution < 1.29 is 24.2 Å². The number of benzene rings is 2. The second kappa shape index (κ2) is 8.08. The molecule has 0 amide bonds. The van der Waals surface area contributed by atoms with E-state index in [1.807, 2.05) is 6.07 Å². The van der Waals surface area contributed by atoms with Crippen molar-refractivity contribution in [2.24, 2.45) is 0 Å². The molecule has 25 heavy (non-hydrogen) atoms. The standard InChI is InChI=1S/C18H12ClNO5/c19-15-6-2-4-12(9-20)14(15)10-25-13-5-1-3-11(7-13)16(21)8-17(22)18(23)24/h1-7H,8,10H2,(H,23,24). The van der Waals surface area contributed by atoms with Crippen molar-refractivity contribution in [2.75, 3.05) is 0 Å². The zero-order chi connectivity index (χ0) is 18.4. The second-order valence-electron chi connectivity index (χ2n) is 5.02. The summed E-state index contributed by atoms with van der Waals surface area (Å²) in [6.07, 6.45) is -0.720. The largest absolute Gasteiger partial charge is 0.489 e. The van der Waals surface area contributed by atoms with Gasteiger partial charge in [0.25, 0.3) is 0 Å². The number of carboxylic acids is 1. The number of halogens is 1. The number of nitriles is 1. The first-order chi connectivity index (χ1) is 11.9. The fraction of sp³-hybridized carbons (Fsp3) is 0.111. The van der Waals surface area contributed by atoms with Gasteiger partial charge in [-0.15, -0.1) is 0 Å². The second-order valence-corrected chi connectivity index (χ2v) is 5.43. The van der Waals surface area contributed by atoms with Crippen molar-refractivity contribution in [3.63, 3.8) is 0 Å². The van der Waals surface area contributed by atoms with Gasteiger partial charge in [-0.25, -0.2) is 4.79 Å². The maximum Gasteiger partial charge on any atom is 0.372 e. The van der Waals surface area contributed by atoms with E-state index in [0.717, 1.165) is 0 Å². The fourth-order valence-corrected chi connectivity index (χ4v) is 2.28. The monoisotopic (exact) mass is 357 g/mol. The summed E-state index contributed by atoms with van der Waals surface area (Å²) in [4.78, 5) is 33.6. The lowest BCUT2D eigenvalue weighted by Crippen LogP contribution is -2.17. The third-order valence-electron chi connectivity index (χ3n) is 3.34. The molecule has 2 aromatic carbocycles. The molecule has 2 rings (SSSR count). The highest BCUT2D eigenvalue weighted by atomic mass is 35.5. The minimum atomic E-state index is -1.65. The molecule has 0 heterocycles. The number of carboxylic acid groups (broad SMARTS) is 1. The van der Waals surface area contributed by atoms with E-state index in [0.29, 0.717) is 21.9 Å². The number of hydrogen-bond acceptors (Lipinski definition) is 5. The number of carbonyl (C=O) groups excluding carboxylic acids is 2. The first kappa shape index (κ1) is 18.2. The number of ether oxygens (including phenoxy) is 1. The van der Waals surface area contributed by atoms with Gasteiger partial charge in [0.15, 0.2) is 5.78 Å². The Kier molecular flexibility index (Phi) is 5.88. The number of rotatable bonds is 7. The summed E-state index contributed by atoms with van der Waals surface area (Å²) in [5.74, 6) is -3.11. The van der Waals surface area contributed by atoms with E-state index in [4.69, 9.17) is 26.7 Å². The average Bonchev–Trinajstić information content (AvgIpc) is 2.60. The lowest BCUT2D eigenvalue weighted by atomic mass is 10.1. The topological polar surface area (TPSA) is 104 Å². The Labute approximate surface area is 148 Å². The summed E-state index contributed by atoms with van der Waals surface area (Å²) in [5.41, 5.74) is 1.06. The van der Waals surface area contributed by atoms with E-state index >= 15 is 0 Å². The molecule has 0 unspecified atom stereocenters. The predicted octanol–water partition coefficient (Wildman–Crippen LogP) is 3.02. The summed E-state index contributed by atoms with van der Waals surface area (Å²) < 4.78 is 5.57. The Morgan fingerprint density at radius 3 is 2.56 bits per heavy atom. The summed E-state index contributed by atoms with van der Waals surface area (Å²) >= 11 is 6.06. The van der Waals surface area contributed by atoms with Crippen molar-refractivity contribution in [2.45, 2.75) is 13.0 Å². The van der Waals surface area contributed by atoms with Gasteiger partial charge in [-0.1, -0.05) is 29.8 Å². The van der Waals surface area contributed by atoms with Crippen molar-refractivity contribution in [3.8, 4) is 11.8 Å². The van der Waals surface area contributed by atoms with Crippen LogP contribution < -0.4 is 4.74 Å². The van der Waals surface area contributed by atoms with Crippen LogP contribution in [0.4, 0.5) is 0 Å². The van der Waals surface area contributed by atoms with E-state index < -0.39 is 24.0 Å². The van der Waals surface area contributed by atoms with Gasteiger partial charge in [-0.05, 0) is 24.3 Å². The molecule has 0 radical (unpaired) electrons. The highest BCUT2D eigenvalue weighted by molar-refractivity contribution is 6.37. The van der Waals surface area contributed by atoms with Crippen molar-refractivity contribution >= 4 is 29.1 Å². The number of Topliss-reactive ketones (excluding diaryl/α,β-unsaturated/α-hetero) is 2. The Morgan fingerprint density at radius 2 is 1.88 bits per heavy atom. The van der Waals surface area contributed by atoms with Gasteiger partial charge >= 0.3 is 5.97 Å². The molecule has 7 heteroatoms. The Balaban J connectivity index is 2.13. The molecule has 0 atom stereocenters. The van der Waals surface area contributed by atoms with Crippen LogP contribution in [0.3, 0.4) is 0 Å². The van der Waals surface area contributed by atoms with E-state index in [9.17, 15) is 14.4 Å². The molecule has 0 aromatic heterocycles. The summed E-state index contributed by atoms with van der Waals surface area (Å²) in [6.45, 7) is 0.0221. The molecule has 0 saturated heterocycles. The van der Waals surface area contributed by atoms with Gasteiger partial charge in [0.05, 0.1) is 18.1 Å². The zero-order valence-corrected chi connectivity index (χ0v) is 13.6. The maximum atomic E-state index is 11.9. The summed E-state index contributed by atoms with van der Waals surface area (Å²) in [7, 11) is 0. The molecular formula is C18H12ClNO5. The summed E-state index contributed by atoms with van der Waals surface area (Å²) in [5, 5.41) is 18.0. The number of aliphatic carboxylic acids is 1. The highest BCUT2D eigenvalue weighted by Gasteiger charge is 2.18. The number of carbonyl (C=O) groups is 3. The third-order valence-corrected chi connectivity index (χ3v) is 3.69. The van der Waals surface area contributed by atoms with Gasteiger partial charge in [0, 0.05) is 16.1 Å². The van der Waals surface area contributed by atoms with Crippen LogP contribution in [0.15, 0.2) is 42.5 Å². The fourth-order valence-electron chi connectivity index (χ4n) is 2.05. The van der Waals surface area contributed by atoms with Crippen LogP contribution in [0, 0.1) is 11.3 Å². The average molecular weight is 358 g/mol. The first-order valence-electron chi connectivity index (χ1n) is 7.12. The minimum Gasteiger partial charge on any atom is -0.489 e. The van der Waals surface area contributed by atoms with Crippen molar-refractivity contribution in [1.82, 2.24) is 0 Å². The van der Waals surface area contributed by atoms with Crippen LogP contribution in [0.25, 0.3) is 0 Å². The predicted molar refractivity (Wildman–Crippen MR) is 88.5 cm³/mol. The van der Waals surface area contributed by atoms with Crippen LogP contribution in [0.1, 0.15) is 27.9 Å². The van der Waals surface area contributed by atoms with Crippen LogP contribution >= 0.6 is 11.6 Å². The molecular weight excluding hydrogens is 346 g/mol. The van der Waals surface area contributed by atoms with Crippen molar-refractivity contribution in [3.05, 3.63) is 64.2 Å². The van der Waals surface area contributed by atoms with E-state index in [1.165, 1.54) is 12.1 Å². The minimum absolute atomic E-state index is 0.0221. The van der Waals surface area contributed by atoms with Gasteiger partial charge in [0.1, 0.15) is 12.4 Å². The Bertz CT molecular complexity index is 885. The molecule has 0 fully saturated rings. The number of nitrogens with zero attached hydrogens (tertiary/aromatic N) is 1. The number of hydrogen-bond donors (Lipinski definition) is 1. The molecule has 126 valence electrons. The molecule has 0 aliphatic carbocycles. The number of ketones is 2. The SMILES string of the molecule is N#Cc1cccc(Cl)c1COc1cccc(C(=O)CC(=O)C(=O)O)c1. The van der Waals surface area contributed by atoms with Crippen LogP contribution in [-0.2, 0) is 16.2 Å². The lowest BCUT2D eigenvalue weighted by Gasteiger charge is -2.10. The zero-order valence-electron chi connectivity index (χ0n) is 12.9. The molecule has 2 aromatic rings. The van der Waals surface area contributed by atoms with E-state index in [2.05, 4.69) is 0 Å². The lowest BCUT2D eigenvalue weighted by molar-refractivity contribution is -0.148. The first-order valence-corrected chi connectivity index (χ1v) is 7.50. The third kappa shape index (κ3) is 4.66. The molecule has 0 aliphatic rings. The maximum absolute atomic E-state index is 11.9. The molecule has 1 N–H and O–H groups in total. The molecule has 0 aliphatic heterocycles. The summed E-state index contributed by atoms with van der Waals surface area (Å²) in [6, 6.07) is 12.9. The highest BCUT2D eigenvalue weighted by Crippen LogP contribution is 2.23. The Hall–Kier alpha value is -3.17. The van der Waals surface area contributed by atoms with Gasteiger partial charge in [-0.3, -0.25) is 9.59 Å². The van der Waals surface area contributed by atoms with Crippen LogP contribution in [0.2, 0.25) is 5.02 Å². The molecule has 0 bridgehead atoms. The quantitative estimate of drug-likeness (QED) is 0.464. The normalized spacial score (nSPS) is 9.92. The van der Waals surface area contributed by atoms with Gasteiger partial charge < -0.3 is 9.84 Å². The van der Waals surface area contributed by atoms with E-state index in [-0.39, 0.29) is 12.2 Å². The van der Waals surface area contributed by atoms with Crippen LogP contribution in [-0.4, -0.2) is 22.6 Å².